The molecule has 0 saturated heterocycles. The van der Waals surface area contributed by atoms with E-state index in [2.05, 4.69) is 12.2 Å². The predicted molar refractivity (Wildman–Crippen MR) is 133 cm³/mol. The summed E-state index contributed by atoms with van der Waals surface area (Å²) in [6.45, 7) is 3.75. The van der Waals surface area contributed by atoms with Crippen molar-refractivity contribution in [3.63, 3.8) is 0 Å². The number of halogens is 1. The van der Waals surface area contributed by atoms with E-state index in [1.807, 2.05) is 42.5 Å². The van der Waals surface area contributed by atoms with Gasteiger partial charge in [0, 0.05) is 17.7 Å². The van der Waals surface area contributed by atoms with Crippen LogP contribution in [0.5, 0.6) is 5.75 Å². The van der Waals surface area contributed by atoms with Gasteiger partial charge in [-0.2, -0.15) is 0 Å². The molecule has 0 saturated carbocycles. The maximum atomic E-state index is 14.0. The Labute approximate surface area is 200 Å². The van der Waals surface area contributed by atoms with E-state index < -0.39 is 7.60 Å². The fourth-order valence-electron chi connectivity index (χ4n) is 3.59. The number of rotatable bonds is 13. The smallest absolute Gasteiger partial charge is 0.325 e. The molecule has 0 spiro atoms. The molecule has 8 heteroatoms. The van der Waals surface area contributed by atoms with E-state index in [0.717, 1.165) is 41.8 Å². The lowest BCUT2D eigenvalue weighted by Crippen LogP contribution is -2.16. The minimum absolute atomic E-state index is 0.154. The molecule has 3 rings (SSSR count). The Morgan fingerprint density at radius 1 is 1.00 bits per heavy atom. The molecule has 1 heterocycles. The summed E-state index contributed by atoms with van der Waals surface area (Å²) in [5.74, 6) is 0.485. The summed E-state index contributed by atoms with van der Waals surface area (Å²) in [5.41, 5.74) is 3.95. The molecule has 0 unspecified atom stereocenters. The van der Waals surface area contributed by atoms with Gasteiger partial charge in [-0.1, -0.05) is 50.1 Å². The quantitative estimate of drug-likeness (QED) is 0.210. The van der Waals surface area contributed by atoms with E-state index in [0.29, 0.717) is 37.4 Å². The average molecular weight is 487 g/mol. The molecular weight excluding hydrogens is 454 g/mol. The Balaban J connectivity index is 1.77. The highest BCUT2D eigenvalue weighted by molar-refractivity contribution is 7.51. The van der Waals surface area contributed by atoms with Crippen molar-refractivity contribution in [1.29, 1.82) is 0 Å². The Hall–Kier alpha value is -2.57. The Bertz CT molecular complexity index is 1100. The first-order valence-corrected chi connectivity index (χ1v) is 13.4. The normalized spacial score (nSPS) is 11.5. The molecule has 3 N–H and O–H groups in total. The first-order valence-electron chi connectivity index (χ1n) is 11.6. The fraction of sp³-hybridized carbons (Fsp3) is 0.346. The second-order valence-electron chi connectivity index (χ2n) is 8.21. The first-order chi connectivity index (χ1) is 16.4. The van der Waals surface area contributed by atoms with Gasteiger partial charge in [-0.05, 0) is 55.3 Å². The van der Waals surface area contributed by atoms with Crippen LogP contribution in [-0.4, -0.2) is 34.1 Å². The molecule has 0 aliphatic carbocycles. The predicted octanol–water partition coefficient (Wildman–Crippen LogP) is 5.78. The molecule has 3 aromatic rings. The van der Waals surface area contributed by atoms with Crippen LogP contribution in [0.2, 0.25) is 0 Å². The molecule has 0 fully saturated rings. The van der Waals surface area contributed by atoms with Crippen LogP contribution in [0, 0.1) is 5.82 Å². The molecule has 0 radical (unpaired) electrons. The Morgan fingerprint density at radius 3 is 2.50 bits per heavy atom. The molecule has 0 aliphatic heterocycles. The van der Waals surface area contributed by atoms with Gasteiger partial charge < -0.3 is 19.8 Å². The van der Waals surface area contributed by atoms with Crippen molar-refractivity contribution in [2.75, 3.05) is 19.3 Å². The molecule has 182 valence electrons. The van der Waals surface area contributed by atoms with Crippen LogP contribution in [0.4, 0.5) is 4.39 Å². The first kappa shape index (κ1) is 26.0. The number of aromatic nitrogens is 1. The van der Waals surface area contributed by atoms with Crippen LogP contribution >= 0.6 is 7.60 Å². The largest absolute Gasteiger partial charge is 0.494 e. The summed E-state index contributed by atoms with van der Waals surface area (Å²) in [6, 6.07) is 18.1. The summed E-state index contributed by atoms with van der Waals surface area (Å²) in [6.07, 6.45) is 3.54. The van der Waals surface area contributed by atoms with Gasteiger partial charge in [-0.15, -0.1) is 0 Å². The Morgan fingerprint density at radius 2 is 1.79 bits per heavy atom. The molecule has 2 aromatic carbocycles. The van der Waals surface area contributed by atoms with Gasteiger partial charge in [0.25, 0.3) is 0 Å². The molecule has 0 bridgehead atoms. The van der Waals surface area contributed by atoms with Gasteiger partial charge in [0.2, 0.25) is 0 Å². The average Bonchev–Trinajstić information content (AvgIpc) is 2.81. The molecule has 34 heavy (non-hydrogen) atoms. The third-order valence-corrected chi connectivity index (χ3v) is 6.24. The van der Waals surface area contributed by atoms with E-state index in [1.165, 1.54) is 12.1 Å². The van der Waals surface area contributed by atoms with Crippen molar-refractivity contribution in [2.24, 2.45) is 0 Å². The number of hydrogen-bond acceptors (Lipinski definition) is 4. The second-order valence-corrected chi connectivity index (χ2v) is 9.98. The number of pyridine rings is 1. The van der Waals surface area contributed by atoms with Gasteiger partial charge in [0.15, 0.2) is 0 Å². The van der Waals surface area contributed by atoms with E-state index in [-0.39, 0.29) is 12.0 Å². The summed E-state index contributed by atoms with van der Waals surface area (Å²) in [7, 11) is -3.98. The zero-order valence-electron chi connectivity index (χ0n) is 19.4. The highest BCUT2D eigenvalue weighted by Crippen LogP contribution is 2.35. The van der Waals surface area contributed by atoms with Gasteiger partial charge in [-0.25, -0.2) is 4.39 Å². The Kier molecular flexibility index (Phi) is 9.78. The van der Waals surface area contributed by atoms with Crippen LogP contribution in [0.1, 0.15) is 38.3 Å². The lowest BCUT2D eigenvalue weighted by molar-refractivity contribution is 0.306. The molecule has 1 aromatic heterocycles. The molecule has 6 nitrogen and oxygen atoms in total. The fourth-order valence-corrected chi connectivity index (χ4v) is 4.16. The number of ether oxygens (including phenoxy) is 1. The summed E-state index contributed by atoms with van der Waals surface area (Å²) < 4.78 is 30.8. The number of nitrogens with one attached hydrogen (secondary N) is 1. The molecular formula is C26H32FN2O4P. The monoisotopic (exact) mass is 486 g/mol. The third-order valence-electron chi connectivity index (χ3n) is 5.34. The molecule has 0 aliphatic rings. The van der Waals surface area contributed by atoms with Crippen LogP contribution in [0.3, 0.4) is 0 Å². The standard InChI is InChI=1S/C26H32FN2O4P/c1-2-3-4-16-33-24-12-9-20(10-13-24)25-14-11-23(19-28-15-6-17-34(30,31)32)29-26(25)21-7-5-8-22(27)18-21/h5,7-14,18,28H,2-4,6,15-17,19H2,1H3,(H2,30,31,32). The summed E-state index contributed by atoms with van der Waals surface area (Å²) in [5, 5.41) is 3.16. The summed E-state index contributed by atoms with van der Waals surface area (Å²) in [4.78, 5) is 22.7. The zero-order valence-corrected chi connectivity index (χ0v) is 20.3. The van der Waals surface area contributed by atoms with Crippen molar-refractivity contribution < 1.29 is 23.5 Å². The number of nitrogens with zero attached hydrogens (tertiary/aromatic N) is 1. The van der Waals surface area contributed by atoms with E-state index in [9.17, 15) is 8.96 Å². The van der Waals surface area contributed by atoms with Crippen molar-refractivity contribution in [2.45, 2.75) is 39.2 Å². The number of unbranched alkanes of at least 4 members (excludes halogenated alkanes) is 2. The number of hydrogen-bond donors (Lipinski definition) is 3. The van der Waals surface area contributed by atoms with Gasteiger partial charge in [-0.3, -0.25) is 9.55 Å². The minimum Gasteiger partial charge on any atom is -0.494 e. The van der Waals surface area contributed by atoms with E-state index in [4.69, 9.17) is 19.5 Å². The van der Waals surface area contributed by atoms with Crippen LogP contribution < -0.4 is 10.1 Å². The SMILES string of the molecule is CCCCCOc1ccc(-c2ccc(CNCCCP(=O)(O)O)nc2-c2cccc(F)c2)cc1. The van der Waals surface area contributed by atoms with Crippen LogP contribution in [0.15, 0.2) is 60.7 Å². The van der Waals surface area contributed by atoms with Gasteiger partial charge >= 0.3 is 7.60 Å². The maximum absolute atomic E-state index is 14.0. The maximum Gasteiger partial charge on any atom is 0.325 e. The van der Waals surface area contributed by atoms with Crippen molar-refractivity contribution in [3.8, 4) is 28.1 Å². The summed E-state index contributed by atoms with van der Waals surface area (Å²) >= 11 is 0. The van der Waals surface area contributed by atoms with Gasteiger partial charge in [0.1, 0.15) is 11.6 Å². The lowest BCUT2D eigenvalue weighted by Gasteiger charge is -2.13. The lowest BCUT2D eigenvalue weighted by atomic mass is 9.98. The third kappa shape index (κ3) is 8.33. The molecule has 0 atom stereocenters. The van der Waals surface area contributed by atoms with Crippen molar-refractivity contribution in [1.82, 2.24) is 10.3 Å². The van der Waals surface area contributed by atoms with Crippen LogP contribution in [-0.2, 0) is 11.1 Å². The topological polar surface area (TPSA) is 91.7 Å². The molecule has 0 amide bonds. The van der Waals surface area contributed by atoms with E-state index in [1.54, 1.807) is 6.07 Å². The van der Waals surface area contributed by atoms with E-state index >= 15 is 0 Å². The van der Waals surface area contributed by atoms with Gasteiger partial charge in [0.05, 0.1) is 24.2 Å². The highest BCUT2D eigenvalue weighted by atomic mass is 31.2. The van der Waals surface area contributed by atoms with Crippen molar-refractivity contribution in [3.05, 3.63) is 72.2 Å². The minimum atomic E-state index is -3.98. The number of benzene rings is 2. The highest BCUT2D eigenvalue weighted by Gasteiger charge is 2.13. The second kappa shape index (κ2) is 12.8. The van der Waals surface area contributed by atoms with Crippen LogP contribution in [0.25, 0.3) is 22.4 Å². The zero-order chi connectivity index (χ0) is 24.4. The van der Waals surface area contributed by atoms with Crippen molar-refractivity contribution >= 4 is 7.60 Å².